The van der Waals surface area contributed by atoms with Gasteiger partial charge < -0.3 is 24.8 Å². The SMILES string of the molecule is CCCC(=O)OC[C@@H]1O[C@@H](n2ccc(O)cc2=O)[C@@H](O)[C@@H]1O. The van der Waals surface area contributed by atoms with Gasteiger partial charge in [0.2, 0.25) is 0 Å². The van der Waals surface area contributed by atoms with Crippen LogP contribution in [0.3, 0.4) is 0 Å². The van der Waals surface area contributed by atoms with Crippen LogP contribution >= 0.6 is 0 Å². The fourth-order valence-electron chi connectivity index (χ4n) is 2.24. The molecule has 22 heavy (non-hydrogen) atoms. The number of carbonyl (C=O) groups excluding carboxylic acids is 1. The van der Waals surface area contributed by atoms with Gasteiger partial charge >= 0.3 is 5.97 Å². The Kier molecular flexibility index (Phi) is 5.17. The van der Waals surface area contributed by atoms with Crippen molar-refractivity contribution in [2.24, 2.45) is 0 Å². The molecule has 8 nitrogen and oxygen atoms in total. The minimum absolute atomic E-state index is 0.208. The summed E-state index contributed by atoms with van der Waals surface area (Å²) in [6.45, 7) is 1.62. The van der Waals surface area contributed by atoms with Crippen molar-refractivity contribution in [1.29, 1.82) is 0 Å². The predicted molar refractivity (Wildman–Crippen MR) is 74.2 cm³/mol. The standard InChI is InChI=1S/C14H19NO7/c1-2-3-11(18)21-7-9-12(19)13(20)14(22-9)15-5-4-8(16)6-10(15)17/h4-6,9,12-14,16,19-20H,2-3,7H2,1H3/t9-,12+,13-,14+/m0/s1. The normalized spacial score (nSPS) is 27.8. The molecule has 2 heterocycles. The summed E-state index contributed by atoms with van der Waals surface area (Å²) < 4.78 is 11.4. The van der Waals surface area contributed by atoms with Gasteiger partial charge in [0.1, 0.15) is 30.7 Å². The molecule has 122 valence electrons. The van der Waals surface area contributed by atoms with Crippen molar-refractivity contribution in [3.63, 3.8) is 0 Å². The third-order valence-electron chi connectivity index (χ3n) is 3.41. The third-order valence-corrected chi connectivity index (χ3v) is 3.41. The predicted octanol–water partition coefficient (Wildman–Crippen LogP) is -0.484. The maximum atomic E-state index is 11.8. The van der Waals surface area contributed by atoms with Gasteiger partial charge in [-0.1, -0.05) is 6.92 Å². The zero-order chi connectivity index (χ0) is 16.3. The first-order valence-corrected chi connectivity index (χ1v) is 7.02. The number of aliphatic hydroxyl groups is 2. The Hall–Kier alpha value is -1.90. The Labute approximate surface area is 126 Å². The van der Waals surface area contributed by atoms with Crippen molar-refractivity contribution < 1.29 is 29.6 Å². The van der Waals surface area contributed by atoms with Gasteiger partial charge in [-0.2, -0.15) is 0 Å². The Balaban J connectivity index is 2.06. The van der Waals surface area contributed by atoms with Gasteiger partial charge in [-0.3, -0.25) is 14.2 Å². The van der Waals surface area contributed by atoms with Crippen LogP contribution in [0.25, 0.3) is 0 Å². The molecule has 0 aromatic carbocycles. The van der Waals surface area contributed by atoms with Crippen molar-refractivity contribution in [2.45, 2.75) is 44.3 Å². The number of esters is 1. The van der Waals surface area contributed by atoms with E-state index in [1.165, 1.54) is 12.3 Å². The van der Waals surface area contributed by atoms with Gasteiger partial charge in [0.25, 0.3) is 5.56 Å². The molecule has 0 radical (unpaired) electrons. The Bertz CT molecular complexity index is 585. The fourth-order valence-corrected chi connectivity index (χ4v) is 2.24. The highest BCUT2D eigenvalue weighted by atomic mass is 16.6. The number of hydrogen-bond donors (Lipinski definition) is 3. The summed E-state index contributed by atoms with van der Waals surface area (Å²) in [5.74, 6) is -0.627. The van der Waals surface area contributed by atoms with E-state index < -0.39 is 36.1 Å². The van der Waals surface area contributed by atoms with Crippen LogP contribution in [-0.4, -0.2) is 50.8 Å². The maximum absolute atomic E-state index is 11.8. The molecule has 1 saturated heterocycles. The van der Waals surface area contributed by atoms with Crippen molar-refractivity contribution in [3.05, 3.63) is 28.7 Å². The van der Waals surface area contributed by atoms with Crippen LogP contribution in [0.1, 0.15) is 26.0 Å². The number of rotatable bonds is 5. The molecule has 4 atom stereocenters. The second kappa shape index (κ2) is 6.91. The summed E-state index contributed by atoms with van der Waals surface area (Å²) in [5.41, 5.74) is -0.583. The quantitative estimate of drug-likeness (QED) is 0.628. The summed E-state index contributed by atoms with van der Waals surface area (Å²) in [7, 11) is 0. The molecule has 8 heteroatoms. The van der Waals surface area contributed by atoms with E-state index in [9.17, 15) is 24.9 Å². The minimum atomic E-state index is -1.35. The monoisotopic (exact) mass is 313 g/mol. The summed E-state index contributed by atoms with van der Waals surface area (Å²) in [6, 6.07) is 2.23. The molecule has 3 N–H and O–H groups in total. The minimum Gasteiger partial charge on any atom is -0.508 e. The van der Waals surface area contributed by atoms with E-state index in [0.717, 1.165) is 10.6 Å². The number of aliphatic hydroxyl groups excluding tert-OH is 2. The fraction of sp³-hybridized carbons (Fsp3) is 0.571. The van der Waals surface area contributed by atoms with Crippen molar-refractivity contribution in [2.75, 3.05) is 6.61 Å². The second-order valence-electron chi connectivity index (χ2n) is 5.11. The van der Waals surface area contributed by atoms with E-state index in [1.807, 2.05) is 6.92 Å². The number of aromatic nitrogens is 1. The molecular weight excluding hydrogens is 294 g/mol. The van der Waals surface area contributed by atoms with E-state index in [2.05, 4.69) is 0 Å². The van der Waals surface area contributed by atoms with Crippen molar-refractivity contribution in [1.82, 2.24) is 4.57 Å². The number of ether oxygens (including phenoxy) is 2. The van der Waals surface area contributed by atoms with Gasteiger partial charge in [0.15, 0.2) is 6.23 Å². The smallest absolute Gasteiger partial charge is 0.305 e. The molecular formula is C14H19NO7. The zero-order valence-corrected chi connectivity index (χ0v) is 12.1. The molecule has 1 aliphatic rings. The van der Waals surface area contributed by atoms with Crippen LogP contribution in [0.15, 0.2) is 23.1 Å². The van der Waals surface area contributed by atoms with E-state index in [4.69, 9.17) is 9.47 Å². The first-order valence-electron chi connectivity index (χ1n) is 7.02. The van der Waals surface area contributed by atoms with Crippen LogP contribution in [0.4, 0.5) is 0 Å². The number of aromatic hydroxyl groups is 1. The van der Waals surface area contributed by atoms with E-state index in [0.29, 0.717) is 6.42 Å². The Morgan fingerprint density at radius 2 is 2.14 bits per heavy atom. The average Bonchev–Trinajstić information content (AvgIpc) is 2.74. The lowest BCUT2D eigenvalue weighted by atomic mass is 10.1. The average molecular weight is 313 g/mol. The lowest BCUT2D eigenvalue weighted by Gasteiger charge is -2.17. The maximum Gasteiger partial charge on any atom is 0.305 e. The summed E-state index contributed by atoms with van der Waals surface area (Å²) >= 11 is 0. The number of nitrogens with zero attached hydrogens (tertiary/aromatic N) is 1. The van der Waals surface area contributed by atoms with E-state index in [1.54, 1.807) is 0 Å². The van der Waals surface area contributed by atoms with Crippen LogP contribution < -0.4 is 5.56 Å². The Morgan fingerprint density at radius 1 is 1.41 bits per heavy atom. The molecule has 0 saturated carbocycles. The highest BCUT2D eigenvalue weighted by Gasteiger charge is 2.44. The first kappa shape index (κ1) is 16.5. The van der Waals surface area contributed by atoms with E-state index >= 15 is 0 Å². The second-order valence-corrected chi connectivity index (χ2v) is 5.11. The highest BCUT2D eigenvalue weighted by Crippen LogP contribution is 2.28. The largest absolute Gasteiger partial charge is 0.508 e. The molecule has 0 unspecified atom stereocenters. The first-order chi connectivity index (χ1) is 10.4. The van der Waals surface area contributed by atoms with Gasteiger partial charge in [-0.05, 0) is 12.5 Å². The van der Waals surface area contributed by atoms with Crippen LogP contribution in [0, 0.1) is 0 Å². The van der Waals surface area contributed by atoms with Crippen LogP contribution in [0.2, 0.25) is 0 Å². The molecule has 0 aliphatic carbocycles. The molecule has 2 rings (SSSR count). The molecule has 1 aliphatic heterocycles. The number of pyridine rings is 1. The summed E-state index contributed by atoms with van der Waals surface area (Å²) in [6.07, 6.45) is -2.53. The van der Waals surface area contributed by atoms with Crippen molar-refractivity contribution in [3.8, 4) is 5.75 Å². The third kappa shape index (κ3) is 3.46. The lowest BCUT2D eigenvalue weighted by molar-refractivity contribution is -0.150. The van der Waals surface area contributed by atoms with Crippen LogP contribution in [-0.2, 0) is 14.3 Å². The molecule has 1 aromatic rings. The topological polar surface area (TPSA) is 118 Å². The van der Waals surface area contributed by atoms with E-state index in [-0.39, 0.29) is 18.8 Å². The van der Waals surface area contributed by atoms with Gasteiger partial charge in [-0.25, -0.2) is 0 Å². The van der Waals surface area contributed by atoms with Crippen molar-refractivity contribution >= 4 is 5.97 Å². The van der Waals surface area contributed by atoms with Crippen LogP contribution in [0.5, 0.6) is 5.75 Å². The summed E-state index contributed by atoms with van der Waals surface area (Å²) in [4.78, 5) is 23.1. The molecule has 1 aromatic heterocycles. The summed E-state index contributed by atoms with van der Waals surface area (Å²) in [5, 5.41) is 29.2. The number of hydrogen-bond acceptors (Lipinski definition) is 7. The Morgan fingerprint density at radius 3 is 2.77 bits per heavy atom. The van der Waals surface area contributed by atoms with Gasteiger partial charge in [0.05, 0.1) is 0 Å². The van der Waals surface area contributed by atoms with Gasteiger partial charge in [0, 0.05) is 18.7 Å². The highest BCUT2D eigenvalue weighted by molar-refractivity contribution is 5.69. The molecule has 0 amide bonds. The molecule has 0 bridgehead atoms. The molecule has 0 spiro atoms. The lowest BCUT2D eigenvalue weighted by Crippen LogP contribution is -2.35. The van der Waals surface area contributed by atoms with Gasteiger partial charge in [-0.15, -0.1) is 0 Å². The molecule has 1 fully saturated rings. The number of carbonyl (C=O) groups is 1. The zero-order valence-electron chi connectivity index (χ0n) is 12.1.